The van der Waals surface area contributed by atoms with E-state index in [0.29, 0.717) is 5.92 Å². The van der Waals surface area contributed by atoms with Gasteiger partial charge in [-0.3, -0.25) is 0 Å². The van der Waals surface area contributed by atoms with Crippen LogP contribution in [-0.4, -0.2) is 6.04 Å². The van der Waals surface area contributed by atoms with Crippen molar-refractivity contribution in [1.82, 2.24) is 0 Å². The fourth-order valence-electron chi connectivity index (χ4n) is 3.69. The van der Waals surface area contributed by atoms with E-state index in [-0.39, 0.29) is 17.6 Å². The van der Waals surface area contributed by atoms with Crippen LogP contribution in [-0.2, 0) is 6.18 Å². The molecule has 0 heterocycles. The second kappa shape index (κ2) is 6.21. The van der Waals surface area contributed by atoms with Crippen molar-refractivity contribution in [3.63, 3.8) is 0 Å². The summed E-state index contributed by atoms with van der Waals surface area (Å²) in [6, 6.07) is 4.87. The molecule has 2 aliphatic carbocycles. The number of benzene rings is 1. The Morgan fingerprint density at radius 2 is 1.83 bits per heavy atom. The minimum Gasteiger partial charge on any atom is -0.378 e. The normalized spacial score (nSPS) is 28.3. The molecule has 0 aliphatic heterocycles. The first-order chi connectivity index (χ1) is 10.9. The van der Waals surface area contributed by atoms with Gasteiger partial charge in [0.15, 0.2) is 0 Å². The van der Waals surface area contributed by atoms with Crippen molar-refractivity contribution in [2.24, 2.45) is 5.92 Å². The van der Waals surface area contributed by atoms with Gasteiger partial charge >= 0.3 is 6.18 Å². The zero-order valence-corrected chi connectivity index (χ0v) is 13.5. The number of alkyl halides is 3. The van der Waals surface area contributed by atoms with Crippen molar-refractivity contribution in [2.45, 2.75) is 63.6 Å². The zero-order chi connectivity index (χ0) is 16.6. The van der Waals surface area contributed by atoms with Crippen molar-refractivity contribution >= 4 is 5.69 Å². The van der Waals surface area contributed by atoms with Crippen molar-refractivity contribution in [3.05, 3.63) is 41.5 Å². The van der Waals surface area contributed by atoms with Crippen LogP contribution in [0.4, 0.5) is 18.9 Å². The Balaban J connectivity index is 1.91. The average Bonchev–Trinajstić information content (AvgIpc) is 3.21. The molecule has 1 aromatic rings. The lowest BCUT2D eigenvalue weighted by atomic mass is 9.83. The smallest absolute Gasteiger partial charge is 0.378 e. The van der Waals surface area contributed by atoms with Crippen LogP contribution in [0, 0.1) is 5.92 Å². The lowest BCUT2D eigenvalue weighted by molar-refractivity contribution is -0.137. The van der Waals surface area contributed by atoms with E-state index in [4.69, 9.17) is 0 Å². The Morgan fingerprint density at radius 3 is 2.48 bits per heavy atom. The summed E-state index contributed by atoms with van der Waals surface area (Å²) in [6.45, 7) is 5.97. The minimum atomic E-state index is -4.33. The number of anilines is 1. The summed E-state index contributed by atoms with van der Waals surface area (Å²) in [5, 5.41) is 2.97. The van der Waals surface area contributed by atoms with E-state index in [1.807, 2.05) is 6.07 Å². The van der Waals surface area contributed by atoms with Crippen LogP contribution in [0.15, 0.2) is 30.4 Å². The second-order valence-electron chi connectivity index (χ2n) is 7.08. The minimum absolute atomic E-state index is 0.00115. The molecule has 0 amide bonds. The van der Waals surface area contributed by atoms with Crippen molar-refractivity contribution in [3.8, 4) is 0 Å². The van der Waals surface area contributed by atoms with Gasteiger partial charge in [0.25, 0.3) is 0 Å². The zero-order valence-electron chi connectivity index (χ0n) is 13.5. The average molecular weight is 323 g/mol. The third-order valence-electron chi connectivity index (χ3n) is 5.27. The molecule has 3 rings (SSSR count). The third kappa shape index (κ3) is 3.73. The standard InChI is InChI=1S/C19H24F3N/c1-12-6-4-3-5-7-15(12)14-8-9-17(23-18-10-13(18)2)16(11-14)19(20,21)22/h8-9,11-12,15,18,23H,2-7,10H2,1H3. The summed E-state index contributed by atoms with van der Waals surface area (Å²) in [6.07, 6.45) is 2.02. The lowest BCUT2D eigenvalue weighted by Gasteiger charge is -2.24. The quantitative estimate of drug-likeness (QED) is 0.521. The Bertz CT molecular complexity index is 591. The van der Waals surface area contributed by atoms with E-state index >= 15 is 0 Å². The number of rotatable bonds is 3. The third-order valence-corrected chi connectivity index (χ3v) is 5.27. The summed E-state index contributed by atoms with van der Waals surface area (Å²) < 4.78 is 40.4. The molecular formula is C19H24F3N. The highest BCUT2D eigenvalue weighted by molar-refractivity contribution is 5.58. The first-order valence-electron chi connectivity index (χ1n) is 8.51. The molecule has 2 fully saturated rings. The van der Waals surface area contributed by atoms with Crippen LogP contribution in [0.1, 0.15) is 62.5 Å². The molecule has 2 saturated carbocycles. The van der Waals surface area contributed by atoms with Crippen LogP contribution in [0.25, 0.3) is 0 Å². The molecule has 3 unspecified atom stereocenters. The fourth-order valence-corrected chi connectivity index (χ4v) is 3.69. The van der Waals surface area contributed by atoms with Crippen LogP contribution in [0.3, 0.4) is 0 Å². The summed E-state index contributed by atoms with van der Waals surface area (Å²) in [4.78, 5) is 0. The molecule has 0 aromatic heterocycles. The number of hydrogen-bond donors (Lipinski definition) is 1. The number of hydrogen-bond acceptors (Lipinski definition) is 1. The van der Waals surface area contributed by atoms with Crippen LogP contribution in [0.2, 0.25) is 0 Å². The van der Waals surface area contributed by atoms with Crippen molar-refractivity contribution in [1.29, 1.82) is 0 Å². The molecule has 0 bridgehead atoms. The summed E-state index contributed by atoms with van der Waals surface area (Å²) in [5.74, 6) is 0.684. The van der Waals surface area contributed by atoms with Gasteiger partial charge in [-0.1, -0.05) is 50.8 Å². The van der Waals surface area contributed by atoms with Crippen LogP contribution in [0.5, 0.6) is 0 Å². The maximum atomic E-state index is 13.5. The van der Waals surface area contributed by atoms with Crippen molar-refractivity contribution < 1.29 is 13.2 Å². The Kier molecular flexibility index (Phi) is 4.43. The second-order valence-corrected chi connectivity index (χ2v) is 7.08. The van der Waals surface area contributed by atoms with Gasteiger partial charge in [-0.25, -0.2) is 0 Å². The van der Waals surface area contributed by atoms with E-state index in [2.05, 4.69) is 18.8 Å². The lowest BCUT2D eigenvalue weighted by Crippen LogP contribution is -2.15. The monoisotopic (exact) mass is 323 g/mol. The molecule has 1 aromatic carbocycles. The van der Waals surface area contributed by atoms with Gasteiger partial charge in [-0.05, 0) is 42.4 Å². The van der Waals surface area contributed by atoms with Gasteiger partial charge in [0.2, 0.25) is 0 Å². The molecule has 0 saturated heterocycles. The number of halogens is 3. The van der Waals surface area contributed by atoms with E-state index in [1.165, 1.54) is 18.9 Å². The molecule has 23 heavy (non-hydrogen) atoms. The van der Waals surface area contributed by atoms with E-state index in [0.717, 1.165) is 36.8 Å². The SMILES string of the molecule is C=C1CC1Nc1ccc(C2CCCCCC2C)cc1C(F)(F)F. The maximum Gasteiger partial charge on any atom is 0.418 e. The van der Waals surface area contributed by atoms with Crippen molar-refractivity contribution in [2.75, 3.05) is 5.32 Å². The van der Waals surface area contributed by atoms with Crippen LogP contribution >= 0.6 is 0 Å². The first-order valence-corrected chi connectivity index (χ1v) is 8.51. The highest BCUT2D eigenvalue weighted by atomic mass is 19.4. The van der Waals surface area contributed by atoms with E-state index in [1.54, 1.807) is 6.07 Å². The topological polar surface area (TPSA) is 12.0 Å². The Hall–Kier alpha value is -1.45. The maximum absolute atomic E-state index is 13.5. The molecule has 4 heteroatoms. The van der Waals surface area contributed by atoms with Gasteiger partial charge in [-0.2, -0.15) is 13.2 Å². The number of nitrogens with one attached hydrogen (secondary N) is 1. The fraction of sp³-hybridized carbons (Fsp3) is 0.579. The largest absolute Gasteiger partial charge is 0.418 e. The van der Waals surface area contributed by atoms with Gasteiger partial charge in [0.1, 0.15) is 0 Å². The van der Waals surface area contributed by atoms with Gasteiger partial charge in [0, 0.05) is 5.69 Å². The predicted molar refractivity (Wildman–Crippen MR) is 87.6 cm³/mol. The molecular weight excluding hydrogens is 299 g/mol. The summed E-state index contributed by atoms with van der Waals surface area (Å²) in [5.41, 5.74) is 1.46. The summed E-state index contributed by atoms with van der Waals surface area (Å²) in [7, 11) is 0. The summed E-state index contributed by atoms with van der Waals surface area (Å²) >= 11 is 0. The van der Waals surface area contributed by atoms with E-state index < -0.39 is 11.7 Å². The molecule has 0 radical (unpaired) electrons. The molecule has 3 atom stereocenters. The first kappa shape index (κ1) is 16.4. The van der Waals surface area contributed by atoms with Gasteiger partial charge in [-0.15, -0.1) is 0 Å². The highest BCUT2D eigenvalue weighted by Crippen LogP contribution is 2.42. The van der Waals surface area contributed by atoms with Crippen LogP contribution < -0.4 is 5.32 Å². The molecule has 2 aliphatic rings. The van der Waals surface area contributed by atoms with Gasteiger partial charge < -0.3 is 5.32 Å². The molecule has 1 nitrogen and oxygen atoms in total. The van der Waals surface area contributed by atoms with E-state index in [9.17, 15) is 13.2 Å². The molecule has 1 N–H and O–H groups in total. The molecule has 126 valence electrons. The predicted octanol–water partition coefficient (Wildman–Crippen LogP) is 6.13. The Labute approximate surface area is 136 Å². The molecule has 0 spiro atoms. The van der Waals surface area contributed by atoms with Gasteiger partial charge in [0.05, 0.1) is 11.6 Å². The highest BCUT2D eigenvalue weighted by Gasteiger charge is 2.37. The Morgan fingerprint density at radius 1 is 1.13 bits per heavy atom.